The molecule has 0 radical (unpaired) electrons. The molecule has 2 heterocycles. The Bertz CT molecular complexity index is 279. The lowest BCUT2D eigenvalue weighted by Crippen LogP contribution is -2.49. The molecule has 2 fully saturated rings. The number of morpholine rings is 1. The maximum Gasteiger partial charge on any atom is 0.236 e. The number of amides is 1. The van der Waals surface area contributed by atoms with Crippen LogP contribution in [0.2, 0.25) is 0 Å². The molecule has 0 spiro atoms. The Morgan fingerprint density at radius 3 is 2.67 bits per heavy atom. The zero-order valence-electron chi connectivity index (χ0n) is 11.3. The van der Waals surface area contributed by atoms with E-state index in [0.29, 0.717) is 31.6 Å². The Morgan fingerprint density at radius 1 is 1.33 bits per heavy atom. The van der Waals surface area contributed by atoms with Crippen molar-refractivity contribution in [2.45, 2.75) is 13.3 Å². The summed E-state index contributed by atoms with van der Waals surface area (Å²) >= 11 is 0. The first-order valence-corrected chi connectivity index (χ1v) is 6.98. The predicted octanol–water partition coefficient (Wildman–Crippen LogP) is -0.238. The lowest BCUT2D eigenvalue weighted by Gasteiger charge is -2.37. The van der Waals surface area contributed by atoms with E-state index in [0.717, 1.165) is 39.1 Å². The summed E-state index contributed by atoms with van der Waals surface area (Å²) in [5.41, 5.74) is 5.75. The number of likely N-dealkylation sites (tertiary alicyclic amines) is 1. The highest BCUT2D eigenvalue weighted by Gasteiger charge is 2.27. The predicted molar refractivity (Wildman–Crippen MR) is 70.2 cm³/mol. The SMILES string of the molecule is CC1CN(CC(=O)N2CCOCC2)CCC1CN. The fourth-order valence-electron chi connectivity index (χ4n) is 2.88. The second-order valence-electron chi connectivity index (χ2n) is 5.49. The molecule has 2 unspecified atom stereocenters. The van der Waals surface area contributed by atoms with Gasteiger partial charge in [-0.25, -0.2) is 0 Å². The van der Waals surface area contributed by atoms with E-state index in [9.17, 15) is 4.79 Å². The van der Waals surface area contributed by atoms with Crippen LogP contribution >= 0.6 is 0 Å². The summed E-state index contributed by atoms with van der Waals surface area (Å²) in [5.74, 6) is 1.47. The van der Waals surface area contributed by atoms with Crippen molar-refractivity contribution in [3.05, 3.63) is 0 Å². The second-order valence-corrected chi connectivity index (χ2v) is 5.49. The number of nitrogens with zero attached hydrogens (tertiary/aromatic N) is 2. The van der Waals surface area contributed by atoms with Crippen LogP contribution in [0.1, 0.15) is 13.3 Å². The first-order chi connectivity index (χ1) is 8.70. The van der Waals surface area contributed by atoms with Gasteiger partial charge in [0.15, 0.2) is 0 Å². The number of rotatable bonds is 3. The molecule has 2 N–H and O–H groups in total. The number of piperidine rings is 1. The van der Waals surface area contributed by atoms with Crippen molar-refractivity contribution in [3.63, 3.8) is 0 Å². The van der Waals surface area contributed by atoms with Crippen LogP contribution in [0.3, 0.4) is 0 Å². The molecule has 18 heavy (non-hydrogen) atoms. The molecule has 2 rings (SSSR count). The van der Waals surface area contributed by atoms with E-state index in [-0.39, 0.29) is 5.91 Å². The first-order valence-electron chi connectivity index (χ1n) is 6.98. The van der Waals surface area contributed by atoms with Gasteiger partial charge in [-0.1, -0.05) is 6.92 Å². The fraction of sp³-hybridized carbons (Fsp3) is 0.923. The van der Waals surface area contributed by atoms with Gasteiger partial charge in [-0.2, -0.15) is 0 Å². The molecule has 0 bridgehead atoms. The molecular weight excluding hydrogens is 230 g/mol. The van der Waals surface area contributed by atoms with E-state index >= 15 is 0 Å². The van der Waals surface area contributed by atoms with Crippen molar-refractivity contribution < 1.29 is 9.53 Å². The lowest BCUT2D eigenvalue weighted by molar-refractivity contribution is -0.137. The summed E-state index contributed by atoms with van der Waals surface area (Å²) in [5, 5.41) is 0. The Labute approximate surface area is 109 Å². The summed E-state index contributed by atoms with van der Waals surface area (Å²) in [6.45, 7) is 8.41. The Morgan fingerprint density at radius 2 is 2.06 bits per heavy atom. The van der Waals surface area contributed by atoms with Crippen LogP contribution in [0.15, 0.2) is 0 Å². The Hall–Kier alpha value is -0.650. The lowest BCUT2D eigenvalue weighted by atomic mass is 9.87. The minimum Gasteiger partial charge on any atom is -0.378 e. The van der Waals surface area contributed by atoms with Crippen LogP contribution in [0.25, 0.3) is 0 Å². The highest BCUT2D eigenvalue weighted by Crippen LogP contribution is 2.22. The Kier molecular flexibility index (Phi) is 4.97. The molecular formula is C13H25N3O2. The van der Waals surface area contributed by atoms with Gasteiger partial charge in [0, 0.05) is 19.6 Å². The first kappa shape index (κ1) is 13.8. The van der Waals surface area contributed by atoms with Crippen molar-refractivity contribution in [1.29, 1.82) is 0 Å². The molecule has 0 aromatic heterocycles. The monoisotopic (exact) mass is 255 g/mol. The summed E-state index contributed by atoms with van der Waals surface area (Å²) < 4.78 is 5.26. The minimum atomic E-state index is 0.247. The van der Waals surface area contributed by atoms with E-state index in [1.54, 1.807) is 0 Å². The molecule has 2 saturated heterocycles. The van der Waals surface area contributed by atoms with E-state index in [4.69, 9.17) is 10.5 Å². The van der Waals surface area contributed by atoms with E-state index in [1.165, 1.54) is 0 Å². The summed E-state index contributed by atoms with van der Waals surface area (Å²) in [6.07, 6.45) is 1.12. The second kappa shape index (κ2) is 6.50. The Balaban J connectivity index is 1.77. The molecule has 2 atom stereocenters. The van der Waals surface area contributed by atoms with Gasteiger partial charge in [0.1, 0.15) is 0 Å². The maximum atomic E-state index is 12.1. The highest BCUT2D eigenvalue weighted by molar-refractivity contribution is 5.78. The molecule has 0 aliphatic carbocycles. The van der Waals surface area contributed by atoms with Gasteiger partial charge < -0.3 is 15.4 Å². The third-order valence-electron chi connectivity index (χ3n) is 4.19. The van der Waals surface area contributed by atoms with E-state index in [1.807, 2.05) is 4.90 Å². The van der Waals surface area contributed by atoms with Crippen LogP contribution in [0.5, 0.6) is 0 Å². The zero-order chi connectivity index (χ0) is 13.0. The van der Waals surface area contributed by atoms with Crippen LogP contribution in [0, 0.1) is 11.8 Å². The fourth-order valence-corrected chi connectivity index (χ4v) is 2.88. The van der Waals surface area contributed by atoms with Crippen LogP contribution in [0.4, 0.5) is 0 Å². The number of ether oxygens (including phenoxy) is 1. The molecule has 5 heteroatoms. The number of hydrogen-bond acceptors (Lipinski definition) is 4. The van der Waals surface area contributed by atoms with Crippen molar-refractivity contribution in [2.24, 2.45) is 17.6 Å². The number of carbonyl (C=O) groups excluding carboxylic acids is 1. The van der Waals surface area contributed by atoms with Crippen LogP contribution < -0.4 is 5.73 Å². The molecule has 2 aliphatic heterocycles. The van der Waals surface area contributed by atoms with Crippen LogP contribution in [-0.2, 0) is 9.53 Å². The van der Waals surface area contributed by atoms with Gasteiger partial charge in [0.2, 0.25) is 5.91 Å². The molecule has 1 amide bonds. The van der Waals surface area contributed by atoms with Gasteiger partial charge in [-0.05, 0) is 31.3 Å². The maximum absolute atomic E-state index is 12.1. The van der Waals surface area contributed by atoms with Gasteiger partial charge >= 0.3 is 0 Å². The van der Waals surface area contributed by atoms with E-state index < -0.39 is 0 Å². The smallest absolute Gasteiger partial charge is 0.236 e. The summed E-state index contributed by atoms with van der Waals surface area (Å²) in [4.78, 5) is 16.3. The van der Waals surface area contributed by atoms with Gasteiger partial charge in [-0.15, -0.1) is 0 Å². The normalized spacial score (nSPS) is 30.4. The van der Waals surface area contributed by atoms with E-state index in [2.05, 4.69) is 11.8 Å². The standard InChI is InChI=1S/C13H25N3O2/c1-11-9-15(3-2-12(11)8-14)10-13(17)16-4-6-18-7-5-16/h11-12H,2-10,14H2,1H3. The third kappa shape index (κ3) is 3.43. The molecule has 2 aliphatic rings. The average Bonchev–Trinajstić information content (AvgIpc) is 2.40. The number of carbonyl (C=O) groups is 1. The van der Waals surface area contributed by atoms with Crippen molar-refractivity contribution in [1.82, 2.24) is 9.80 Å². The largest absolute Gasteiger partial charge is 0.378 e. The molecule has 0 aromatic carbocycles. The number of hydrogen-bond donors (Lipinski definition) is 1. The average molecular weight is 255 g/mol. The van der Waals surface area contributed by atoms with Crippen molar-refractivity contribution in [3.8, 4) is 0 Å². The van der Waals surface area contributed by atoms with Crippen molar-refractivity contribution in [2.75, 3.05) is 52.5 Å². The number of nitrogens with two attached hydrogens (primary N) is 1. The quantitative estimate of drug-likeness (QED) is 0.756. The third-order valence-corrected chi connectivity index (χ3v) is 4.19. The summed E-state index contributed by atoms with van der Waals surface area (Å²) in [6, 6.07) is 0. The molecule has 0 saturated carbocycles. The van der Waals surface area contributed by atoms with Gasteiger partial charge in [0.05, 0.1) is 19.8 Å². The molecule has 5 nitrogen and oxygen atoms in total. The zero-order valence-corrected chi connectivity index (χ0v) is 11.3. The van der Waals surface area contributed by atoms with Crippen LogP contribution in [-0.4, -0.2) is 68.2 Å². The summed E-state index contributed by atoms with van der Waals surface area (Å²) in [7, 11) is 0. The minimum absolute atomic E-state index is 0.247. The van der Waals surface area contributed by atoms with Crippen molar-refractivity contribution >= 4 is 5.91 Å². The molecule has 0 aromatic rings. The van der Waals surface area contributed by atoms with Gasteiger partial charge in [0.25, 0.3) is 0 Å². The molecule has 104 valence electrons. The topological polar surface area (TPSA) is 58.8 Å². The van der Waals surface area contributed by atoms with Gasteiger partial charge in [-0.3, -0.25) is 9.69 Å². The highest BCUT2D eigenvalue weighted by atomic mass is 16.5.